The van der Waals surface area contributed by atoms with Gasteiger partial charge in [0.25, 0.3) is 5.69 Å². The van der Waals surface area contributed by atoms with Crippen molar-refractivity contribution in [3.05, 3.63) is 51.3 Å². The summed E-state index contributed by atoms with van der Waals surface area (Å²) in [7, 11) is 1.56. The molecule has 0 aliphatic heterocycles. The first kappa shape index (κ1) is 17.2. The minimum absolute atomic E-state index is 0.0105. The second kappa shape index (κ2) is 6.69. The standard InChI is InChI=1S/C16H16N4O4S/c1-9-7-17-14(10(2)15(9)20(21)22)8-25(23)16-18-12-5-4-11(24-3)6-13(12)19-16/h4-7H,8H2,1-3H3,(H,18,19)/t25-/m1/s1. The molecule has 3 rings (SSSR count). The summed E-state index contributed by atoms with van der Waals surface area (Å²) in [4.78, 5) is 22.3. The Kier molecular flexibility index (Phi) is 4.60. The topological polar surface area (TPSA) is 117 Å². The number of hydrogen-bond donors (Lipinski definition) is 1. The van der Waals surface area contributed by atoms with E-state index >= 15 is 0 Å². The molecule has 1 aromatic carbocycles. The van der Waals surface area contributed by atoms with E-state index in [0.29, 0.717) is 33.2 Å². The number of aromatic amines is 1. The van der Waals surface area contributed by atoms with Crippen molar-refractivity contribution in [2.75, 3.05) is 7.11 Å². The van der Waals surface area contributed by atoms with Crippen LogP contribution in [0.2, 0.25) is 0 Å². The molecule has 130 valence electrons. The average Bonchev–Trinajstić information content (AvgIpc) is 3.00. The largest absolute Gasteiger partial charge is 0.609 e. The van der Waals surface area contributed by atoms with E-state index in [0.717, 1.165) is 5.52 Å². The fraction of sp³-hybridized carbons (Fsp3) is 0.250. The van der Waals surface area contributed by atoms with Crippen LogP contribution in [0.4, 0.5) is 5.69 Å². The van der Waals surface area contributed by atoms with Crippen molar-refractivity contribution in [1.29, 1.82) is 0 Å². The number of hydrogen-bond acceptors (Lipinski definition) is 6. The molecule has 0 unspecified atom stereocenters. The highest BCUT2D eigenvalue weighted by Gasteiger charge is 2.24. The van der Waals surface area contributed by atoms with Crippen molar-refractivity contribution in [1.82, 2.24) is 15.0 Å². The van der Waals surface area contributed by atoms with Crippen LogP contribution in [0.3, 0.4) is 0 Å². The molecule has 0 amide bonds. The Bertz CT molecular complexity index is 957. The quantitative estimate of drug-likeness (QED) is 0.425. The number of aryl methyl sites for hydroxylation is 1. The molecule has 3 aromatic rings. The van der Waals surface area contributed by atoms with Gasteiger partial charge in [-0.05, 0) is 26.0 Å². The van der Waals surface area contributed by atoms with Crippen LogP contribution in [0.25, 0.3) is 11.0 Å². The number of imidazole rings is 1. The number of nitrogens with zero attached hydrogens (tertiary/aromatic N) is 3. The number of ether oxygens (including phenoxy) is 1. The van der Waals surface area contributed by atoms with Crippen molar-refractivity contribution >= 4 is 27.9 Å². The maximum Gasteiger partial charge on any atom is 0.322 e. The lowest BCUT2D eigenvalue weighted by Gasteiger charge is -2.09. The Morgan fingerprint density at radius 1 is 1.36 bits per heavy atom. The molecular weight excluding hydrogens is 344 g/mol. The van der Waals surface area contributed by atoms with E-state index in [9.17, 15) is 14.7 Å². The molecule has 0 aliphatic carbocycles. The Hall–Kier alpha value is -2.65. The minimum Gasteiger partial charge on any atom is -0.609 e. The van der Waals surface area contributed by atoms with Crippen LogP contribution in [0.15, 0.2) is 29.6 Å². The third kappa shape index (κ3) is 3.28. The first-order chi connectivity index (χ1) is 11.9. The second-order valence-electron chi connectivity index (χ2n) is 5.53. The number of benzene rings is 1. The van der Waals surface area contributed by atoms with Gasteiger partial charge >= 0.3 is 5.16 Å². The van der Waals surface area contributed by atoms with Crippen molar-refractivity contribution in [3.8, 4) is 5.75 Å². The summed E-state index contributed by atoms with van der Waals surface area (Å²) >= 11 is -1.51. The Labute approximate surface area is 146 Å². The first-order valence-corrected chi connectivity index (χ1v) is 8.74. The maximum absolute atomic E-state index is 12.6. The van der Waals surface area contributed by atoms with Crippen LogP contribution < -0.4 is 4.74 Å². The predicted molar refractivity (Wildman–Crippen MR) is 93.1 cm³/mol. The highest BCUT2D eigenvalue weighted by atomic mass is 32.2. The number of methoxy groups -OCH3 is 1. The monoisotopic (exact) mass is 360 g/mol. The molecule has 0 radical (unpaired) electrons. The molecular formula is C16H16N4O4S. The van der Waals surface area contributed by atoms with Crippen molar-refractivity contribution in [2.24, 2.45) is 0 Å². The summed E-state index contributed by atoms with van der Waals surface area (Å²) in [6, 6.07) is 5.32. The number of nitrogens with one attached hydrogen (secondary N) is 1. The fourth-order valence-electron chi connectivity index (χ4n) is 2.58. The summed E-state index contributed by atoms with van der Waals surface area (Å²) in [5.74, 6) is 0.701. The van der Waals surface area contributed by atoms with Gasteiger partial charge in [-0.25, -0.2) is 0 Å². The third-order valence-corrected chi connectivity index (χ3v) is 5.07. The number of fused-ring (bicyclic) bond motifs is 1. The van der Waals surface area contributed by atoms with Crippen LogP contribution >= 0.6 is 0 Å². The van der Waals surface area contributed by atoms with Gasteiger partial charge in [-0.3, -0.25) is 20.1 Å². The van der Waals surface area contributed by atoms with Gasteiger partial charge in [0.2, 0.25) is 0 Å². The molecule has 2 heterocycles. The molecule has 0 fully saturated rings. The summed E-state index contributed by atoms with van der Waals surface area (Å²) in [5.41, 5.74) is 2.72. The van der Waals surface area contributed by atoms with E-state index < -0.39 is 16.1 Å². The normalized spacial score (nSPS) is 12.3. The van der Waals surface area contributed by atoms with Gasteiger partial charge in [-0.1, -0.05) is 0 Å². The number of pyridine rings is 1. The lowest BCUT2D eigenvalue weighted by Crippen LogP contribution is -2.11. The average molecular weight is 360 g/mol. The number of rotatable bonds is 5. The van der Waals surface area contributed by atoms with Crippen molar-refractivity contribution in [2.45, 2.75) is 24.8 Å². The lowest BCUT2D eigenvalue weighted by molar-refractivity contribution is -0.386. The van der Waals surface area contributed by atoms with E-state index in [1.165, 1.54) is 6.20 Å². The molecule has 1 atom stereocenters. The van der Waals surface area contributed by atoms with E-state index in [1.807, 2.05) is 0 Å². The Morgan fingerprint density at radius 3 is 2.80 bits per heavy atom. The van der Waals surface area contributed by atoms with Crippen LogP contribution in [-0.4, -0.2) is 31.5 Å². The molecule has 8 nitrogen and oxygen atoms in total. The van der Waals surface area contributed by atoms with Crippen LogP contribution in [0.1, 0.15) is 16.8 Å². The minimum atomic E-state index is -1.51. The number of H-pyrrole nitrogens is 1. The smallest absolute Gasteiger partial charge is 0.322 e. The molecule has 2 aromatic heterocycles. The summed E-state index contributed by atoms with van der Waals surface area (Å²) < 4.78 is 17.8. The van der Waals surface area contributed by atoms with Crippen LogP contribution in [0.5, 0.6) is 5.75 Å². The zero-order valence-corrected chi connectivity index (χ0v) is 14.7. The van der Waals surface area contributed by atoms with Gasteiger partial charge < -0.3 is 9.29 Å². The van der Waals surface area contributed by atoms with Crippen LogP contribution in [-0.2, 0) is 16.9 Å². The van der Waals surface area contributed by atoms with E-state index in [2.05, 4.69) is 15.0 Å². The zero-order valence-electron chi connectivity index (χ0n) is 13.9. The highest BCUT2D eigenvalue weighted by molar-refractivity contribution is 7.90. The molecule has 0 aliphatic rings. The zero-order chi connectivity index (χ0) is 18.1. The lowest BCUT2D eigenvalue weighted by atomic mass is 10.1. The predicted octanol–water partition coefficient (Wildman–Crippen LogP) is 2.80. The van der Waals surface area contributed by atoms with Gasteiger partial charge in [-0.2, -0.15) is 4.98 Å². The Balaban J connectivity index is 1.91. The SMILES string of the molecule is COc1ccc2[nH]c([S@+]([O-])Cc3ncc(C)c([N+](=O)[O-])c3C)nc2c1. The summed E-state index contributed by atoms with van der Waals surface area (Å²) in [5, 5.41) is 11.5. The number of aromatic nitrogens is 3. The maximum atomic E-state index is 12.6. The van der Waals surface area contributed by atoms with Crippen LogP contribution in [0, 0.1) is 24.0 Å². The van der Waals surface area contributed by atoms with E-state index in [-0.39, 0.29) is 11.4 Å². The fourth-order valence-corrected chi connectivity index (χ4v) is 3.68. The number of nitro groups is 1. The van der Waals surface area contributed by atoms with Crippen molar-refractivity contribution < 1.29 is 14.2 Å². The van der Waals surface area contributed by atoms with Gasteiger partial charge in [0.1, 0.15) is 5.75 Å². The molecule has 9 heteroatoms. The molecule has 25 heavy (non-hydrogen) atoms. The second-order valence-corrected chi connectivity index (χ2v) is 6.90. The Morgan fingerprint density at radius 2 is 2.12 bits per heavy atom. The molecule has 0 saturated heterocycles. The first-order valence-electron chi connectivity index (χ1n) is 7.42. The molecule has 0 spiro atoms. The summed E-state index contributed by atoms with van der Waals surface area (Å²) in [6.45, 7) is 3.25. The van der Waals surface area contributed by atoms with Crippen molar-refractivity contribution in [3.63, 3.8) is 0 Å². The van der Waals surface area contributed by atoms with Gasteiger partial charge in [0.05, 0.1) is 34.3 Å². The molecule has 0 saturated carbocycles. The highest BCUT2D eigenvalue weighted by Crippen LogP contribution is 2.27. The van der Waals surface area contributed by atoms with E-state index in [1.54, 1.807) is 39.2 Å². The molecule has 1 N–H and O–H groups in total. The van der Waals surface area contributed by atoms with Gasteiger partial charge in [0.15, 0.2) is 5.75 Å². The summed E-state index contributed by atoms with van der Waals surface area (Å²) in [6.07, 6.45) is 1.43. The van der Waals surface area contributed by atoms with Gasteiger partial charge in [-0.15, -0.1) is 0 Å². The third-order valence-electron chi connectivity index (χ3n) is 3.91. The molecule has 0 bridgehead atoms. The van der Waals surface area contributed by atoms with Gasteiger partial charge in [0, 0.05) is 29.0 Å². The van der Waals surface area contributed by atoms with E-state index in [4.69, 9.17) is 4.74 Å².